The van der Waals surface area contributed by atoms with Gasteiger partial charge in [0.2, 0.25) is 5.91 Å². The Morgan fingerprint density at radius 1 is 0.970 bits per heavy atom. The van der Waals surface area contributed by atoms with Crippen molar-refractivity contribution in [1.82, 2.24) is 19.4 Å². The summed E-state index contributed by atoms with van der Waals surface area (Å²) < 4.78 is 1.87. The first-order chi connectivity index (χ1) is 16.2. The molecule has 3 aliphatic heterocycles. The average Bonchev–Trinajstić information content (AvgIpc) is 3.16. The Balaban J connectivity index is 1.12. The smallest absolute Gasteiger partial charge is 0.253 e. The molecule has 3 aliphatic rings. The van der Waals surface area contributed by atoms with Crippen molar-refractivity contribution in [3.8, 4) is 0 Å². The molecule has 6 nitrogen and oxygen atoms in total. The zero-order valence-electron chi connectivity index (χ0n) is 19.6. The first-order valence-corrected chi connectivity index (χ1v) is 12.8. The number of benzene rings is 1. The molecule has 5 rings (SSSR count). The van der Waals surface area contributed by atoms with Crippen LogP contribution in [0.25, 0.3) is 0 Å². The van der Waals surface area contributed by atoms with Crippen LogP contribution in [0, 0.1) is 5.92 Å². The lowest BCUT2D eigenvalue weighted by Gasteiger charge is -2.33. The molecule has 1 aromatic carbocycles. The molecule has 0 radical (unpaired) electrons. The molecule has 1 unspecified atom stereocenters. The zero-order valence-corrected chi connectivity index (χ0v) is 19.6. The third-order valence-corrected chi connectivity index (χ3v) is 7.77. The minimum atomic E-state index is 0.102. The number of likely N-dealkylation sites (tertiary alicyclic amines) is 2. The molecule has 2 aromatic rings. The standard InChI is InChI=1S/C27H36N4O2/c32-26-18-24(28-25-9-5-2-6-13-31(25)26)23-12-14-29(19-23)20-27(33)30-15-10-22(11-16-30)17-21-7-3-1-4-8-21/h1,3-4,7-8,18,22-23H,2,5-6,9-17,19-20H2. The SMILES string of the molecule is O=C(CN1CCC(c2cc(=O)n3c(n2)CCCCC3)C1)N1CCC(Cc2ccccc2)CC1. The Morgan fingerprint density at radius 3 is 2.61 bits per heavy atom. The molecule has 6 heteroatoms. The van der Waals surface area contributed by atoms with Crippen LogP contribution in [0.3, 0.4) is 0 Å². The summed E-state index contributed by atoms with van der Waals surface area (Å²) in [6.07, 6.45) is 8.52. The number of nitrogens with zero attached hydrogens (tertiary/aromatic N) is 4. The lowest BCUT2D eigenvalue weighted by molar-refractivity contribution is -0.133. The van der Waals surface area contributed by atoms with Gasteiger partial charge >= 0.3 is 0 Å². The molecule has 176 valence electrons. The maximum absolute atomic E-state index is 13.0. The number of fused-ring (bicyclic) bond motifs is 1. The van der Waals surface area contributed by atoms with Crippen LogP contribution in [-0.4, -0.2) is 58.0 Å². The molecule has 33 heavy (non-hydrogen) atoms. The molecule has 0 N–H and O–H groups in total. The summed E-state index contributed by atoms with van der Waals surface area (Å²) in [5.41, 5.74) is 2.44. The maximum atomic E-state index is 13.0. The van der Waals surface area contributed by atoms with Gasteiger partial charge in [-0.1, -0.05) is 36.8 Å². The van der Waals surface area contributed by atoms with Gasteiger partial charge in [-0.25, -0.2) is 4.98 Å². The Bertz CT molecular complexity index is 1010. The van der Waals surface area contributed by atoms with Crippen molar-refractivity contribution in [1.29, 1.82) is 0 Å². The van der Waals surface area contributed by atoms with E-state index < -0.39 is 0 Å². The van der Waals surface area contributed by atoms with Gasteiger partial charge in [-0.05, 0) is 56.6 Å². The van der Waals surface area contributed by atoms with Crippen LogP contribution in [0.1, 0.15) is 61.5 Å². The minimum absolute atomic E-state index is 0.102. The van der Waals surface area contributed by atoms with Crippen LogP contribution in [0.5, 0.6) is 0 Å². The van der Waals surface area contributed by atoms with Gasteiger partial charge in [-0.2, -0.15) is 0 Å². The van der Waals surface area contributed by atoms with Gasteiger partial charge in [0, 0.05) is 44.6 Å². The van der Waals surface area contributed by atoms with Crippen LogP contribution in [0.4, 0.5) is 0 Å². The number of rotatable bonds is 5. The van der Waals surface area contributed by atoms with E-state index in [1.54, 1.807) is 6.07 Å². The van der Waals surface area contributed by atoms with Crippen molar-refractivity contribution >= 4 is 5.91 Å². The van der Waals surface area contributed by atoms with Crippen LogP contribution >= 0.6 is 0 Å². The molecule has 4 heterocycles. The van der Waals surface area contributed by atoms with E-state index in [1.165, 1.54) is 12.0 Å². The van der Waals surface area contributed by atoms with Gasteiger partial charge in [0.1, 0.15) is 5.82 Å². The monoisotopic (exact) mass is 448 g/mol. The normalized spacial score (nSPS) is 22.2. The second kappa shape index (κ2) is 10.2. The Labute approximate surface area is 196 Å². The Morgan fingerprint density at radius 2 is 1.79 bits per heavy atom. The van der Waals surface area contributed by atoms with Crippen LogP contribution in [-0.2, 0) is 24.2 Å². The van der Waals surface area contributed by atoms with Crippen LogP contribution in [0.15, 0.2) is 41.2 Å². The Kier molecular flexibility index (Phi) is 6.91. The number of carbonyl (C=O) groups excluding carboxylic acids is 1. The summed E-state index contributed by atoms with van der Waals surface area (Å²) >= 11 is 0. The van der Waals surface area contributed by atoms with E-state index in [9.17, 15) is 9.59 Å². The lowest BCUT2D eigenvalue weighted by atomic mass is 9.90. The van der Waals surface area contributed by atoms with Crippen molar-refractivity contribution < 1.29 is 4.79 Å². The third kappa shape index (κ3) is 5.37. The van der Waals surface area contributed by atoms with E-state index in [0.717, 1.165) is 89.2 Å². The molecule has 2 fully saturated rings. The highest BCUT2D eigenvalue weighted by molar-refractivity contribution is 5.78. The van der Waals surface area contributed by atoms with Gasteiger partial charge in [0.25, 0.3) is 5.56 Å². The molecular formula is C27H36N4O2. The van der Waals surface area contributed by atoms with Gasteiger partial charge in [-0.3, -0.25) is 19.1 Å². The molecule has 0 bridgehead atoms. The molecule has 1 amide bonds. The summed E-state index contributed by atoms with van der Waals surface area (Å²) in [5.74, 6) is 2.15. The zero-order chi connectivity index (χ0) is 22.6. The summed E-state index contributed by atoms with van der Waals surface area (Å²) in [4.78, 5) is 34.8. The first-order valence-electron chi connectivity index (χ1n) is 12.8. The van der Waals surface area contributed by atoms with Crippen LogP contribution < -0.4 is 5.56 Å². The lowest BCUT2D eigenvalue weighted by Crippen LogP contribution is -2.44. The first kappa shape index (κ1) is 22.3. The van der Waals surface area contributed by atoms with E-state index in [0.29, 0.717) is 12.5 Å². The summed E-state index contributed by atoms with van der Waals surface area (Å²) in [6.45, 7) is 4.76. The molecule has 0 spiro atoms. The third-order valence-electron chi connectivity index (χ3n) is 7.77. The van der Waals surface area contributed by atoms with E-state index >= 15 is 0 Å². The predicted octanol–water partition coefficient (Wildman–Crippen LogP) is 3.24. The minimum Gasteiger partial charge on any atom is -0.342 e. The Hall–Kier alpha value is -2.47. The number of hydrogen-bond donors (Lipinski definition) is 0. The highest BCUT2D eigenvalue weighted by Gasteiger charge is 2.30. The quantitative estimate of drug-likeness (QED) is 0.705. The van der Waals surface area contributed by atoms with Gasteiger partial charge < -0.3 is 4.90 Å². The van der Waals surface area contributed by atoms with Crippen molar-refractivity contribution in [2.75, 3.05) is 32.7 Å². The number of amides is 1. The second-order valence-corrected chi connectivity index (χ2v) is 10.1. The average molecular weight is 449 g/mol. The maximum Gasteiger partial charge on any atom is 0.253 e. The van der Waals surface area contributed by atoms with E-state index in [4.69, 9.17) is 4.98 Å². The fourth-order valence-corrected chi connectivity index (χ4v) is 5.79. The highest BCUT2D eigenvalue weighted by Crippen LogP contribution is 2.27. The summed E-state index contributed by atoms with van der Waals surface area (Å²) in [5, 5.41) is 0. The molecule has 1 aromatic heterocycles. The van der Waals surface area contributed by atoms with E-state index in [1.807, 2.05) is 4.57 Å². The van der Waals surface area contributed by atoms with Crippen molar-refractivity contribution in [3.63, 3.8) is 0 Å². The fourth-order valence-electron chi connectivity index (χ4n) is 5.79. The van der Waals surface area contributed by atoms with E-state index in [2.05, 4.69) is 40.1 Å². The van der Waals surface area contributed by atoms with Crippen LogP contribution in [0.2, 0.25) is 0 Å². The van der Waals surface area contributed by atoms with E-state index in [-0.39, 0.29) is 17.4 Å². The molecule has 0 saturated carbocycles. The number of aromatic nitrogens is 2. The van der Waals surface area contributed by atoms with Crippen molar-refractivity contribution in [3.05, 3.63) is 63.8 Å². The molecule has 2 saturated heterocycles. The highest BCUT2D eigenvalue weighted by atomic mass is 16.2. The topological polar surface area (TPSA) is 58.4 Å². The molecule has 0 aliphatic carbocycles. The summed E-state index contributed by atoms with van der Waals surface area (Å²) in [6, 6.07) is 12.4. The summed E-state index contributed by atoms with van der Waals surface area (Å²) in [7, 11) is 0. The number of carbonyl (C=O) groups is 1. The van der Waals surface area contributed by atoms with Gasteiger partial charge in [0.05, 0.1) is 12.2 Å². The van der Waals surface area contributed by atoms with Gasteiger partial charge in [0.15, 0.2) is 0 Å². The largest absolute Gasteiger partial charge is 0.342 e. The fraction of sp³-hybridized carbons (Fsp3) is 0.593. The molecular weight excluding hydrogens is 412 g/mol. The predicted molar refractivity (Wildman–Crippen MR) is 129 cm³/mol. The second-order valence-electron chi connectivity index (χ2n) is 10.1. The number of aryl methyl sites for hydroxylation is 1. The van der Waals surface area contributed by atoms with Crippen molar-refractivity contribution in [2.24, 2.45) is 5.92 Å². The number of piperidine rings is 1. The van der Waals surface area contributed by atoms with Crippen molar-refractivity contribution in [2.45, 2.75) is 63.8 Å². The molecule has 1 atom stereocenters. The van der Waals surface area contributed by atoms with Gasteiger partial charge in [-0.15, -0.1) is 0 Å². The number of hydrogen-bond acceptors (Lipinski definition) is 4.